The molecule has 3 aromatic rings. The molecule has 3 N–H and O–H groups in total. The quantitative estimate of drug-likeness (QED) is 0.108. The number of hydrogen-bond acceptors (Lipinski definition) is 14. The van der Waals surface area contributed by atoms with E-state index in [4.69, 9.17) is 45.0 Å². The number of hydrogen-bond donors (Lipinski definition) is 2. The van der Waals surface area contributed by atoms with E-state index in [1.54, 1.807) is 44.2 Å². The summed E-state index contributed by atoms with van der Waals surface area (Å²) in [4.78, 5) is 45.9. The summed E-state index contributed by atoms with van der Waals surface area (Å²) in [5, 5.41) is 6.79. The number of ether oxygens (including phenoxy) is 5. The Morgan fingerprint density at radius 2 is 1.83 bits per heavy atom. The maximum Gasteiger partial charge on any atom is 0.459 e. The van der Waals surface area contributed by atoms with Gasteiger partial charge in [0.05, 0.1) is 18.9 Å². The van der Waals surface area contributed by atoms with Crippen LogP contribution in [0.15, 0.2) is 48.8 Å². The summed E-state index contributed by atoms with van der Waals surface area (Å²) in [6, 6.07) is 9.98. The fourth-order valence-electron chi connectivity index (χ4n) is 4.89. The molecule has 0 radical (unpaired) electrons. The Balaban J connectivity index is 1.51. The number of fused-ring (bicyclic) bond motifs is 1. The van der Waals surface area contributed by atoms with Gasteiger partial charge in [-0.15, -0.1) is 0 Å². The van der Waals surface area contributed by atoms with Crippen molar-refractivity contribution in [2.24, 2.45) is 0 Å². The summed E-state index contributed by atoms with van der Waals surface area (Å²) in [5.74, 6) is -1.90. The summed E-state index contributed by atoms with van der Waals surface area (Å²) >= 11 is 0. The van der Waals surface area contributed by atoms with Crippen LogP contribution in [0.3, 0.4) is 0 Å². The predicted octanol–water partition coefficient (Wildman–Crippen LogP) is 2.77. The van der Waals surface area contributed by atoms with E-state index >= 15 is 0 Å². The summed E-state index contributed by atoms with van der Waals surface area (Å²) in [6.07, 6.45) is -3.61. The van der Waals surface area contributed by atoms with Gasteiger partial charge in [-0.3, -0.25) is 28.5 Å². The number of nitrogens with two attached hydrogens (primary N) is 1. The first-order valence-electron chi connectivity index (χ1n) is 15.1. The van der Waals surface area contributed by atoms with Crippen LogP contribution in [-0.4, -0.2) is 82.4 Å². The lowest BCUT2D eigenvalue weighted by molar-refractivity contribution is -0.173. The maximum atomic E-state index is 14.3. The van der Waals surface area contributed by atoms with Crippen LogP contribution in [0.1, 0.15) is 45.4 Å². The lowest BCUT2D eigenvalue weighted by atomic mass is 10.0. The largest absolute Gasteiger partial charge is 0.459 e. The lowest BCUT2D eigenvalue weighted by Gasteiger charge is -2.29. The Kier molecular flexibility index (Phi) is 10.6. The van der Waals surface area contributed by atoms with E-state index in [1.165, 1.54) is 29.9 Å². The number of nitrogen functional groups attached to an aromatic ring is 1. The average molecular weight is 687 g/mol. The molecule has 256 valence electrons. The van der Waals surface area contributed by atoms with E-state index in [1.807, 2.05) is 0 Å². The standard InChI is InChI=1S/C30H35N6O11P/c1-5-23(37)44-26-25(21-12-13-22-28(31)33-17-34-36(21)22)46-30(32-4,27(26)45-24(38)6-2)16-42-48(40,47-19-10-8-7-9-11-19)35-18(3)29(39)43-20-14-41-15-20/h7-13,17-18,20,25-27H,5-6,14-16H2,1-3H3,(H,35,40)(H2,31,33,34)/t18-,25-,26-,27-,30+,48-/m0/s1. The van der Waals surface area contributed by atoms with Gasteiger partial charge in [-0.25, -0.2) is 20.6 Å². The highest BCUT2D eigenvalue weighted by molar-refractivity contribution is 7.52. The van der Waals surface area contributed by atoms with Gasteiger partial charge in [-0.05, 0) is 31.2 Å². The molecule has 5 rings (SSSR count). The van der Waals surface area contributed by atoms with Crippen LogP contribution in [0.5, 0.6) is 5.75 Å². The third-order valence-electron chi connectivity index (χ3n) is 7.47. The highest BCUT2D eigenvalue weighted by Gasteiger charge is 2.67. The van der Waals surface area contributed by atoms with Gasteiger partial charge in [0.25, 0.3) is 0 Å². The van der Waals surface area contributed by atoms with Crippen molar-refractivity contribution in [1.82, 2.24) is 19.7 Å². The van der Waals surface area contributed by atoms with E-state index in [9.17, 15) is 18.9 Å². The van der Waals surface area contributed by atoms with Crippen molar-refractivity contribution in [3.63, 3.8) is 0 Å². The summed E-state index contributed by atoms with van der Waals surface area (Å²) < 4.78 is 55.5. The SMILES string of the molecule is [C-]#[N+][C@]1(CO[P@@](=O)(N[C@@H](C)C(=O)OC2COC2)Oc2ccccc2)O[C@@H](c2ccc3c(N)ncnn23)[C@H](OC(=O)CC)[C@@H]1OC(=O)CC. The molecule has 6 atom stereocenters. The molecule has 2 saturated heterocycles. The van der Waals surface area contributed by atoms with Crippen LogP contribution in [-0.2, 0) is 47.2 Å². The van der Waals surface area contributed by atoms with Crippen molar-refractivity contribution in [2.75, 3.05) is 25.6 Å². The van der Waals surface area contributed by atoms with Crippen LogP contribution in [0, 0.1) is 6.57 Å². The fourth-order valence-corrected chi connectivity index (χ4v) is 6.41. The number of carbonyl (C=O) groups is 3. The van der Waals surface area contributed by atoms with Gasteiger partial charge < -0.3 is 29.2 Å². The maximum absolute atomic E-state index is 14.3. The molecular weight excluding hydrogens is 651 g/mol. The number of nitrogens with zero attached hydrogens (tertiary/aromatic N) is 4. The lowest BCUT2D eigenvalue weighted by Crippen LogP contribution is -2.48. The fraction of sp³-hybridized carbons (Fsp3) is 0.467. The first-order chi connectivity index (χ1) is 23.0. The number of nitrogens with one attached hydrogen (secondary N) is 1. The number of rotatable bonds is 14. The number of anilines is 1. The molecule has 4 heterocycles. The van der Waals surface area contributed by atoms with Crippen molar-refractivity contribution in [3.05, 3.63) is 65.9 Å². The van der Waals surface area contributed by atoms with E-state index < -0.39 is 68.4 Å². The second kappa shape index (κ2) is 14.7. The van der Waals surface area contributed by atoms with Gasteiger partial charge in [-0.1, -0.05) is 32.0 Å². The molecule has 0 saturated carbocycles. The normalized spacial score (nSPS) is 24.1. The Hall–Kier alpha value is -4.59. The van der Waals surface area contributed by atoms with E-state index in [0.29, 0.717) is 5.52 Å². The molecule has 0 unspecified atom stereocenters. The number of aromatic nitrogens is 3. The van der Waals surface area contributed by atoms with Crippen LogP contribution in [0.25, 0.3) is 10.4 Å². The zero-order chi connectivity index (χ0) is 34.5. The topological polar surface area (TPSA) is 205 Å². The van der Waals surface area contributed by atoms with Gasteiger partial charge >= 0.3 is 31.4 Å². The smallest absolute Gasteiger partial charge is 0.456 e. The third kappa shape index (κ3) is 7.43. The second-order valence-corrected chi connectivity index (χ2v) is 12.6. The Bertz CT molecular complexity index is 1730. The molecule has 0 spiro atoms. The summed E-state index contributed by atoms with van der Waals surface area (Å²) in [5.41, 5.74) is 4.46. The second-order valence-electron chi connectivity index (χ2n) is 10.9. The van der Waals surface area contributed by atoms with Gasteiger partial charge in [0, 0.05) is 12.8 Å². The monoisotopic (exact) mass is 686 g/mol. The first kappa shape index (κ1) is 34.7. The minimum atomic E-state index is -4.54. The molecule has 2 aliphatic heterocycles. The molecular formula is C30H35N6O11P. The minimum Gasteiger partial charge on any atom is -0.456 e. The number of para-hydroxylation sites is 1. The number of benzene rings is 1. The molecule has 18 heteroatoms. The van der Waals surface area contributed by atoms with Crippen molar-refractivity contribution < 1.29 is 51.7 Å². The number of carbonyl (C=O) groups excluding carboxylic acids is 3. The number of esters is 3. The van der Waals surface area contributed by atoms with Crippen molar-refractivity contribution in [3.8, 4) is 5.75 Å². The van der Waals surface area contributed by atoms with E-state index in [-0.39, 0.29) is 43.3 Å². The highest BCUT2D eigenvalue weighted by Crippen LogP contribution is 2.50. The van der Waals surface area contributed by atoms with Gasteiger partial charge in [0.1, 0.15) is 35.8 Å². The molecule has 1 aromatic carbocycles. The molecule has 0 aliphatic carbocycles. The van der Waals surface area contributed by atoms with Gasteiger partial charge in [-0.2, -0.15) is 10.2 Å². The van der Waals surface area contributed by atoms with Crippen LogP contribution >= 0.6 is 7.75 Å². The molecule has 0 bridgehead atoms. The molecule has 48 heavy (non-hydrogen) atoms. The van der Waals surface area contributed by atoms with E-state index in [0.717, 1.165) is 0 Å². The van der Waals surface area contributed by atoms with Crippen LogP contribution < -0.4 is 15.3 Å². The minimum absolute atomic E-state index is 0.0474. The molecule has 17 nitrogen and oxygen atoms in total. The van der Waals surface area contributed by atoms with Gasteiger partial charge in [0.2, 0.25) is 6.10 Å². The zero-order valence-corrected chi connectivity index (χ0v) is 27.2. The van der Waals surface area contributed by atoms with Crippen molar-refractivity contribution in [2.45, 2.75) is 69.8 Å². The van der Waals surface area contributed by atoms with Crippen LogP contribution in [0.2, 0.25) is 0 Å². The Labute approximate surface area is 275 Å². The Morgan fingerprint density at radius 1 is 1.12 bits per heavy atom. The summed E-state index contributed by atoms with van der Waals surface area (Å²) in [7, 11) is -4.54. The van der Waals surface area contributed by atoms with Crippen molar-refractivity contribution in [1.29, 1.82) is 0 Å². The summed E-state index contributed by atoms with van der Waals surface area (Å²) in [6.45, 7) is 12.4. The zero-order valence-electron chi connectivity index (χ0n) is 26.3. The predicted molar refractivity (Wildman–Crippen MR) is 165 cm³/mol. The highest BCUT2D eigenvalue weighted by atomic mass is 31.2. The third-order valence-corrected chi connectivity index (χ3v) is 9.10. The van der Waals surface area contributed by atoms with Crippen LogP contribution in [0.4, 0.5) is 5.82 Å². The molecule has 2 aliphatic rings. The Morgan fingerprint density at radius 3 is 2.48 bits per heavy atom. The molecule has 2 fully saturated rings. The first-order valence-corrected chi connectivity index (χ1v) is 16.6. The van der Waals surface area contributed by atoms with Crippen molar-refractivity contribution >= 4 is 37.0 Å². The van der Waals surface area contributed by atoms with Gasteiger partial charge in [0.15, 0.2) is 18.5 Å². The molecule has 2 aromatic heterocycles. The average Bonchev–Trinajstić information content (AvgIpc) is 3.62. The molecule has 0 amide bonds. The van der Waals surface area contributed by atoms with E-state index in [2.05, 4.69) is 20.0 Å².